The van der Waals surface area contributed by atoms with Crippen molar-refractivity contribution in [3.05, 3.63) is 30.1 Å². The second-order valence-corrected chi connectivity index (χ2v) is 5.10. The summed E-state index contributed by atoms with van der Waals surface area (Å²) in [5.41, 5.74) is 5.66. The molecule has 1 saturated carbocycles. The summed E-state index contributed by atoms with van der Waals surface area (Å²) < 4.78 is 18.6. The Labute approximate surface area is 130 Å². The molecule has 0 aromatic heterocycles. The minimum Gasteiger partial charge on any atom is -0.489 e. The Balaban J connectivity index is 0.00000220. The van der Waals surface area contributed by atoms with Gasteiger partial charge in [-0.05, 0) is 37.4 Å². The largest absolute Gasteiger partial charge is 0.489 e. The molecule has 0 bridgehead atoms. The Morgan fingerprint density at radius 2 is 2.14 bits per heavy atom. The Kier molecular flexibility index (Phi) is 7.47. The number of carbonyl (C=O) groups excluding carboxylic acids is 1. The third kappa shape index (κ3) is 4.86. The highest BCUT2D eigenvalue weighted by Crippen LogP contribution is 2.30. The second kappa shape index (κ2) is 8.85. The molecule has 2 rings (SSSR count). The zero-order valence-corrected chi connectivity index (χ0v) is 12.7. The van der Waals surface area contributed by atoms with Crippen molar-refractivity contribution in [2.45, 2.75) is 19.3 Å². The second-order valence-electron chi connectivity index (χ2n) is 5.10. The van der Waals surface area contributed by atoms with Crippen LogP contribution in [0.5, 0.6) is 5.75 Å². The van der Waals surface area contributed by atoms with Crippen LogP contribution >= 0.6 is 12.4 Å². The van der Waals surface area contributed by atoms with Gasteiger partial charge < -0.3 is 15.8 Å². The van der Waals surface area contributed by atoms with Crippen molar-refractivity contribution in [3.63, 3.8) is 0 Å². The van der Waals surface area contributed by atoms with Gasteiger partial charge in [-0.25, -0.2) is 4.39 Å². The lowest BCUT2D eigenvalue weighted by Gasteiger charge is -2.17. The van der Waals surface area contributed by atoms with Crippen molar-refractivity contribution in [3.8, 4) is 5.75 Å². The Morgan fingerprint density at radius 3 is 2.86 bits per heavy atom. The summed E-state index contributed by atoms with van der Waals surface area (Å²) in [5.74, 6) is 0.172. The maximum absolute atomic E-state index is 13.3. The van der Waals surface area contributed by atoms with Crippen molar-refractivity contribution in [1.29, 1.82) is 0 Å². The minimum atomic E-state index is -0.391. The van der Waals surface area contributed by atoms with Gasteiger partial charge in [0.15, 0.2) is 11.6 Å². The van der Waals surface area contributed by atoms with E-state index in [4.69, 9.17) is 10.5 Å². The standard InChI is InChI=1S/C15H21FN2O2.ClH/c16-13-6-1-2-7-14(13)20-9-8-18-15(19)12-5-3-4-11(12)10-17;/h1-2,6-7,11-12H,3-5,8-10,17H2,(H,18,19);1H/t11-,12-;/m1./s1. The zero-order chi connectivity index (χ0) is 14.4. The van der Waals surface area contributed by atoms with E-state index in [2.05, 4.69) is 5.32 Å². The lowest BCUT2D eigenvalue weighted by atomic mass is 9.95. The zero-order valence-electron chi connectivity index (χ0n) is 11.9. The fraction of sp³-hybridized carbons (Fsp3) is 0.533. The number of ether oxygens (including phenoxy) is 1. The average molecular weight is 317 g/mol. The maximum atomic E-state index is 13.3. The molecule has 3 N–H and O–H groups in total. The van der Waals surface area contributed by atoms with Gasteiger partial charge in [-0.15, -0.1) is 12.4 Å². The van der Waals surface area contributed by atoms with E-state index in [1.165, 1.54) is 6.07 Å². The van der Waals surface area contributed by atoms with Crippen molar-refractivity contribution in [1.82, 2.24) is 5.32 Å². The Bertz CT molecular complexity index is 459. The van der Waals surface area contributed by atoms with Crippen LogP contribution in [0.4, 0.5) is 4.39 Å². The van der Waals surface area contributed by atoms with E-state index >= 15 is 0 Å². The molecule has 0 spiro atoms. The van der Waals surface area contributed by atoms with Crippen LogP contribution in [0.2, 0.25) is 0 Å². The van der Waals surface area contributed by atoms with Gasteiger partial charge in [0, 0.05) is 5.92 Å². The smallest absolute Gasteiger partial charge is 0.223 e. The van der Waals surface area contributed by atoms with E-state index in [0.717, 1.165) is 19.3 Å². The van der Waals surface area contributed by atoms with Gasteiger partial charge in [0.25, 0.3) is 0 Å². The summed E-state index contributed by atoms with van der Waals surface area (Å²) in [5, 5.41) is 2.84. The van der Waals surface area contributed by atoms with Crippen molar-refractivity contribution >= 4 is 18.3 Å². The molecule has 1 aliphatic carbocycles. The van der Waals surface area contributed by atoms with Gasteiger partial charge in [-0.1, -0.05) is 18.6 Å². The monoisotopic (exact) mass is 316 g/mol. The van der Waals surface area contributed by atoms with Crippen LogP contribution in [0.1, 0.15) is 19.3 Å². The quantitative estimate of drug-likeness (QED) is 0.790. The summed E-state index contributed by atoms with van der Waals surface area (Å²) >= 11 is 0. The summed E-state index contributed by atoms with van der Waals surface area (Å²) in [6.07, 6.45) is 2.99. The summed E-state index contributed by atoms with van der Waals surface area (Å²) in [6.45, 7) is 1.19. The van der Waals surface area contributed by atoms with Crippen LogP contribution in [0.15, 0.2) is 24.3 Å². The first-order valence-corrected chi connectivity index (χ1v) is 7.07. The molecule has 0 unspecified atom stereocenters. The SMILES string of the molecule is Cl.NC[C@H]1CCC[C@H]1C(=O)NCCOc1ccccc1F. The molecule has 0 aliphatic heterocycles. The van der Waals surface area contributed by atoms with Gasteiger partial charge in [0.1, 0.15) is 6.61 Å². The number of halogens is 2. The molecule has 1 fully saturated rings. The third-order valence-corrected chi connectivity index (χ3v) is 3.79. The molecule has 6 heteroatoms. The molecule has 118 valence electrons. The normalized spacial score (nSPS) is 20.7. The number of hydrogen-bond acceptors (Lipinski definition) is 3. The summed E-state index contributed by atoms with van der Waals surface area (Å²) in [7, 11) is 0. The van der Waals surface area contributed by atoms with Gasteiger partial charge in [-0.3, -0.25) is 4.79 Å². The number of carbonyl (C=O) groups is 1. The highest BCUT2D eigenvalue weighted by atomic mass is 35.5. The Hall–Kier alpha value is -1.33. The van der Waals surface area contributed by atoms with Crippen LogP contribution in [-0.4, -0.2) is 25.6 Å². The molecule has 4 nitrogen and oxygen atoms in total. The molecule has 1 aromatic rings. The van der Waals surface area contributed by atoms with E-state index in [1.54, 1.807) is 18.2 Å². The van der Waals surface area contributed by atoms with Crippen molar-refractivity contribution < 1.29 is 13.9 Å². The van der Waals surface area contributed by atoms with Crippen LogP contribution in [0, 0.1) is 17.7 Å². The first kappa shape index (κ1) is 17.7. The number of rotatable bonds is 6. The minimum absolute atomic E-state index is 0. The molecular formula is C15H22ClFN2O2. The van der Waals surface area contributed by atoms with Gasteiger partial charge in [0.2, 0.25) is 5.91 Å². The maximum Gasteiger partial charge on any atom is 0.223 e. The van der Waals surface area contributed by atoms with E-state index in [0.29, 0.717) is 19.0 Å². The highest BCUT2D eigenvalue weighted by molar-refractivity contribution is 5.85. The van der Waals surface area contributed by atoms with E-state index < -0.39 is 5.82 Å². The number of nitrogens with two attached hydrogens (primary N) is 1. The van der Waals surface area contributed by atoms with Crippen LogP contribution in [0.25, 0.3) is 0 Å². The van der Waals surface area contributed by atoms with Crippen molar-refractivity contribution in [2.24, 2.45) is 17.6 Å². The van der Waals surface area contributed by atoms with E-state index in [1.807, 2.05) is 0 Å². The molecule has 0 radical (unpaired) electrons. The number of benzene rings is 1. The predicted molar refractivity (Wildman–Crippen MR) is 82.0 cm³/mol. The molecule has 2 atom stereocenters. The highest BCUT2D eigenvalue weighted by Gasteiger charge is 2.31. The lowest BCUT2D eigenvalue weighted by Crippen LogP contribution is -2.37. The van der Waals surface area contributed by atoms with Crippen LogP contribution in [0.3, 0.4) is 0 Å². The van der Waals surface area contributed by atoms with Gasteiger partial charge >= 0.3 is 0 Å². The third-order valence-electron chi connectivity index (χ3n) is 3.79. The fourth-order valence-electron chi connectivity index (χ4n) is 2.69. The summed E-state index contributed by atoms with van der Waals surface area (Å²) in [4.78, 5) is 12.0. The van der Waals surface area contributed by atoms with Crippen molar-refractivity contribution in [2.75, 3.05) is 19.7 Å². The van der Waals surface area contributed by atoms with E-state index in [9.17, 15) is 9.18 Å². The molecule has 1 aromatic carbocycles. The molecule has 1 amide bonds. The molecule has 1 aliphatic rings. The lowest BCUT2D eigenvalue weighted by molar-refractivity contribution is -0.126. The number of amides is 1. The van der Waals surface area contributed by atoms with Gasteiger partial charge in [0.05, 0.1) is 6.54 Å². The van der Waals surface area contributed by atoms with Crippen LogP contribution < -0.4 is 15.8 Å². The summed E-state index contributed by atoms with van der Waals surface area (Å²) in [6, 6.07) is 6.23. The fourth-order valence-corrected chi connectivity index (χ4v) is 2.69. The number of hydrogen-bond donors (Lipinski definition) is 2. The molecule has 0 heterocycles. The number of para-hydroxylation sites is 1. The Morgan fingerprint density at radius 1 is 1.38 bits per heavy atom. The first-order chi connectivity index (χ1) is 9.72. The van der Waals surface area contributed by atoms with Gasteiger partial charge in [-0.2, -0.15) is 0 Å². The first-order valence-electron chi connectivity index (χ1n) is 7.07. The molecule has 21 heavy (non-hydrogen) atoms. The topological polar surface area (TPSA) is 64.4 Å². The van der Waals surface area contributed by atoms with E-state index in [-0.39, 0.29) is 36.6 Å². The molecular weight excluding hydrogens is 295 g/mol. The predicted octanol–water partition coefficient (Wildman–Crippen LogP) is 2.12. The number of nitrogens with one attached hydrogen (secondary N) is 1. The molecule has 0 saturated heterocycles. The van der Waals surface area contributed by atoms with Crippen LogP contribution in [-0.2, 0) is 4.79 Å². The average Bonchev–Trinajstić information content (AvgIpc) is 2.93.